The Morgan fingerprint density at radius 2 is 1.34 bits per heavy atom. The van der Waals surface area contributed by atoms with Gasteiger partial charge < -0.3 is 24.2 Å². The number of anilines is 2. The van der Waals surface area contributed by atoms with Crippen LogP contribution in [-0.2, 0) is 4.79 Å². The van der Waals surface area contributed by atoms with E-state index >= 15 is 0 Å². The van der Waals surface area contributed by atoms with Gasteiger partial charge in [-0.1, -0.05) is 12.1 Å². The fourth-order valence-electron chi connectivity index (χ4n) is 4.03. The molecule has 2 aromatic carbocycles. The SMILES string of the molecule is COc1ccccc1OCC(=O)N1CCN(c2ccc(N3CCCC3)cc2)CC1. The molecule has 0 saturated carbocycles. The molecule has 2 saturated heterocycles. The third-order valence-corrected chi connectivity index (χ3v) is 5.74. The molecule has 2 fully saturated rings. The molecule has 2 aromatic rings. The summed E-state index contributed by atoms with van der Waals surface area (Å²) in [5.74, 6) is 1.25. The molecule has 2 aliphatic heterocycles. The predicted octanol–water partition coefficient (Wildman–Crippen LogP) is 3.02. The second kappa shape index (κ2) is 9.07. The van der Waals surface area contributed by atoms with Crippen LogP contribution in [0.4, 0.5) is 11.4 Å². The van der Waals surface area contributed by atoms with Crippen LogP contribution in [0.15, 0.2) is 48.5 Å². The highest BCUT2D eigenvalue weighted by atomic mass is 16.5. The van der Waals surface area contributed by atoms with Crippen LogP contribution >= 0.6 is 0 Å². The lowest BCUT2D eigenvalue weighted by atomic mass is 10.2. The number of methoxy groups -OCH3 is 1. The van der Waals surface area contributed by atoms with E-state index < -0.39 is 0 Å². The molecule has 0 bridgehead atoms. The second-order valence-electron chi connectivity index (χ2n) is 7.52. The number of piperazine rings is 1. The number of amides is 1. The molecule has 0 aromatic heterocycles. The summed E-state index contributed by atoms with van der Waals surface area (Å²) in [6.45, 7) is 5.45. The standard InChI is InChI=1S/C23H29N3O3/c1-28-21-6-2-3-7-22(21)29-18-23(27)26-16-14-25(15-17-26)20-10-8-19(9-11-20)24-12-4-5-13-24/h2-3,6-11H,4-5,12-18H2,1H3. The third kappa shape index (κ3) is 4.58. The van der Waals surface area contributed by atoms with Gasteiger partial charge in [0.2, 0.25) is 0 Å². The van der Waals surface area contributed by atoms with Crippen LogP contribution in [0, 0.1) is 0 Å². The first kappa shape index (κ1) is 19.4. The molecule has 1 amide bonds. The second-order valence-corrected chi connectivity index (χ2v) is 7.52. The number of hydrogen-bond acceptors (Lipinski definition) is 5. The summed E-state index contributed by atoms with van der Waals surface area (Å²) >= 11 is 0. The average Bonchev–Trinajstić information content (AvgIpc) is 3.33. The Bertz CT molecular complexity index is 810. The molecule has 0 unspecified atom stereocenters. The van der Waals surface area contributed by atoms with E-state index in [1.165, 1.54) is 24.2 Å². The molecule has 2 aliphatic rings. The topological polar surface area (TPSA) is 45.3 Å². The summed E-state index contributed by atoms with van der Waals surface area (Å²) in [7, 11) is 1.60. The van der Waals surface area contributed by atoms with E-state index in [1.54, 1.807) is 7.11 Å². The number of rotatable bonds is 6. The van der Waals surface area contributed by atoms with Crippen LogP contribution < -0.4 is 19.3 Å². The van der Waals surface area contributed by atoms with E-state index in [-0.39, 0.29) is 12.5 Å². The molecule has 154 valence electrons. The molecular formula is C23H29N3O3. The Morgan fingerprint density at radius 3 is 1.93 bits per heavy atom. The van der Waals surface area contributed by atoms with Crippen LogP contribution in [0.25, 0.3) is 0 Å². The zero-order valence-corrected chi connectivity index (χ0v) is 17.0. The van der Waals surface area contributed by atoms with Gasteiger partial charge in [-0.05, 0) is 49.2 Å². The fraction of sp³-hybridized carbons (Fsp3) is 0.435. The van der Waals surface area contributed by atoms with Gasteiger partial charge in [0, 0.05) is 50.6 Å². The van der Waals surface area contributed by atoms with Gasteiger partial charge in [-0.3, -0.25) is 4.79 Å². The van der Waals surface area contributed by atoms with Gasteiger partial charge in [-0.15, -0.1) is 0 Å². The fourth-order valence-corrected chi connectivity index (χ4v) is 4.03. The molecule has 0 atom stereocenters. The smallest absolute Gasteiger partial charge is 0.260 e. The molecule has 4 rings (SSSR count). The summed E-state index contributed by atoms with van der Waals surface area (Å²) in [6, 6.07) is 16.2. The Balaban J connectivity index is 1.27. The third-order valence-electron chi connectivity index (χ3n) is 5.74. The van der Waals surface area contributed by atoms with Gasteiger partial charge in [0.15, 0.2) is 18.1 Å². The lowest BCUT2D eigenvalue weighted by Gasteiger charge is -2.36. The molecule has 0 aliphatic carbocycles. The molecule has 29 heavy (non-hydrogen) atoms. The Labute approximate surface area is 172 Å². The highest BCUT2D eigenvalue weighted by molar-refractivity contribution is 5.78. The molecule has 6 heteroatoms. The molecule has 2 heterocycles. The maximum absolute atomic E-state index is 12.5. The van der Waals surface area contributed by atoms with Crippen LogP contribution in [-0.4, -0.2) is 63.8 Å². The monoisotopic (exact) mass is 395 g/mol. The summed E-state index contributed by atoms with van der Waals surface area (Å²) < 4.78 is 10.9. The number of ether oxygens (including phenoxy) is 2. The number of nitrogens with zero attached hydrogens (tertiary/aromatic N) is 3. The quantitative estimate of drug-likeness (QED) is 0.752. The minimum absolute atomic E-state index is 0.0138. The number of para-hydroxylation sites is 2. The van der Waals surface area contributed by atoms with Crippen molar-refractivity contribution >= 4 is 17.3 Å². The zero-order chi connectivity index (χ0) is 20.1. The van der Waals surface area contributed by atoms with Crippen LogP contribution in [0.5, 0.6) is 11.5 Å². The Hall–Kier alpha value is -2.89. The first-order chi connectivity index (χ1) is 14.2. The van der Waals surface area contributed by atoms with Crippen molar-refractivity contribution in [2.75, 3.05) is 62.8 Å². The maximum Gasteiger partial charge on any atom is 0.260 e. The van der Waals surface area contributed by atoms with Crippen LogP contribution in [0.1, 0.15) is 12.8 Å². The zero-order valence-electron chi connectivity index (χ0n) is 17.0. The predicted molar refractivity (Wildman–Crippen MR) is 115 cm³/mol. The van der Waals surface area contributed by atoms with Gasteiger partial charge in [0.25, 0.3) is 5.91 Å². The summed E-state index contributed by atoms with van der Waals surface area (Å²) in [5, 5.41) is 0. The van der Waals surface area contributed by atoms with Gasteiger partial charge in [0.1, 0.15) is 0 Å². The van der Waals surface area contributed by atoms with Gasteiger partial charge in [-0.25, -0.2) is 0 Å². The number of carbonyl (C=O) groups is 1. The van der Waals surface area contributed by atoms with Crippen molar-refractivity contribution in [2.24, 2.45) is 0 Å². The number of hydrogen-bond donors (Lipinski definition) is 0. The largest absolute Gasteiger partial charge is 0.493 e. The Kier molecular flexibility index (Phi) is 6.08. The van der Waals surface area contributed by atoms with E-state index in [2.05, 4.69) is 34.1 Å². The average molecular weight is 396 g/mol. The van der Waals surface area contributed by atoms with Gasteiger partial charge in [-0.2, -0.15) is 0 Å². The lowest BCUT2D eigenvalue weighted by molar-refractivity contribution is -0.133. The van der Waals surface area contributed by atoms with E-state index in [4.69, 9.17) is 9.47 Å². The lowest BCUT2D eigenvalue weighted by Crippen LogP contribution is -2.50. The first-order valence-corrected chi connectivity index (χ1v) is 10.4. The summed E-state index contributed by atoms with van der Waals surface area (Å²) in [5.41, 5.74) is 2.54. The molecule has 0 radical (unpaired) electrons. The van der Waals surface area contributed by atoms with E-state index in [0.717, 1.165) is 26.2 Å². The minimum Gasteiger partial charge on any atom is -0.493 e. The van der Waals surface area contributed by atoms with Crippen molar-refractivity contribution < 1.29 is 14.3 Å². The van der Waals surface area contributed by atoms with E-state index in [0.29, 0.717) is 24.6 Å². The van der Waals surface area contributed by atoms with Crippen molar-refractivity contribution in [3.05, 3.63) is 48.5 Å². The first-order valence-electron chi connectivity index (χ1n) is 10.4. The molecule has 6 nitrogen and oxygen atoms in total. The van der Waals surface area contributed by atoms with E-state index in [9.17, 15) is 4.79 Å². The maximum atomic E-state index is 12.5. The summed E-state index contributed by atoms with van der Waals surface area (Å²) in [4.78, 5) is 19.2. The van der Waals surface area contributed by atoms with Crippen molar-refractivity contribution in [2.45, 2.75) is 12.8 Å². The van der Waals surface area contributed by atoms with Crippen LogP contribution in [0.2, 0.25) is 0 Å². The number of benzene rings is 2. The molecule has 0 spiro atoms. The highest BCUT2D eigenvalue weighted by Gasteiger charge is 2.22. The van der Waals surface area contributed by atoms with E-state index in [1.807, 2.05) is 29.2 Å². The van der Waals surface area contributed by atoms with Gasteiger partial charge >= 0.3 is 0 Å². The summed E-state index contributed by atoms with van der Waals surface area (Å²) in [6.07, 6.45) is 2.58. The molecular weight excluding hydrogens is 366 g/mol. The number of carbonyl (C=O) groups excluding carboxylic acids is 1. The van der Waals surface area contributed by atoms with Crippen LogP contribution in [0.3, 0.4) is 0 Å². The minimum atomic E-state index is 0.0138. The van der Waals surface area contributed by atoms with Gasteiger partial charge in [0.05, 0.1) is 7.11 Å². The van der Waals surface area contributed by atoms with Crippen molar-refractivity contribution in [1.82, 2.24) is 4.90 Å². The Morgan fingerprint density at radius 1 is 0.793 bits per heavy atom. The van der Waals surface area contributed by atoms with Crippen molar-refractivity contribution in [1.29, 1.82) is 0 Å². The highest BCUT2D eigenvalue weighted by Crippen LogP contribution is 2.26. The van der Waals surface area contributed by atoms with Crippen molar-refractivity contribution in [3.63, 3.8) is 0 Å². The van der Waals surface area contributed by atoms with Crippen molar-refractivity contribution in [3.8, 4) is 11.5 Å². The normalized spacial score (nSPS) is 16.8. The molecule has 0 N–H and O–H groups in total.